The summed E-state index contributed by atoms with van der Waals surface area (Å²) in [6.45, 7) is 11.2. The molecule has 1 heteroatoms. The maximum atomic E-state index is 4.48. The van der Waals surface area contributed by atoms with E-state index in [0.29, 0.717) is 0 Å². The molecule has 0 radical (unpaired) electrons. The number of anilines is 3. The molecule has 0 spiro atoms. The Hall–Kier alpha value is -6.44. The third-order valence-corrected chi connectivity index (χ3v) is 10.5. The predicted molar refractivity (Wildman–Crippen MR) is 233 cm³/mol. The van der Waals surface area contributed by atoms with Crippen LogP contribution in [0.1, 0.15) is 37.5 Å². The van der Waals surface area contributed by atoms with Crippen molar-refractivity contribution in [2.24, 2.45) is 0 Å². The molecule has 0 saturated heterocycles. The predicted octanol–water partition coefficient (Wildman–Crippen LogP) is 14.8. The quantitative estimate of drug-likeness (QED) is 0.167. The highest BCUT2D eigenvalue weighted by Gasteiger charge is 2.17. The van der Waals surface area contributed by atoms with Gasteiger partial charge in [0.15, 0.2) is 0 Å². The average Bonchev–Trinajstić information content (AvgIpc) is 3.21. The molecule has 7 aromatic rings. The van der Waals surface area contributed by atoms with Crippen LogP contribution in [0.2, 0.25) is 0 Å². The van der Waals surface area contributed by atoms with E-state index in [1.165, 1.54) is 50.1 Å². The van der Waals surface area contributed by atoms with Crippen LogP contribution in [0.4, 0.5) is 17.1 Å². The van der Waals surface area contributed by atoms with Gasteiger partial charge in [0.1, 0.15) is 0 Å². The van der Waals surface area contributed by atoms with Gasteiger partial charge >= 0.3 is 0 Å². The number of hydrogen-bond acceptors (Lipinski definition) is 1. The van der Waals surface area contributed by atoms with Crippen molar-refractivity contribution in [1.82, 2.24) is 0 Å². The average molecular weight is 696 g/mol. The number of nitrogens with zero attached hydrogens (tertiary/aromatic N) is 1. The lowest BCUT2D eigenvalue weighted by Gasteiger charge is -2.26. The molecule has 0 saturated carbocycles. The fraction of sp³-hybridized carbons (Fsp3) is 0.0943. The van der Waals surface area contributed by atoms with Crippen molar-refractivity contribution in [3.63, 3.8) is 0 Å². The molecule has 0 unspecified atom stereocenters. The van der Waals surface area contributed by atoms with Crippen molar-refractivity contribution in [2.75, 3.05) is 4.90 Å². The highest BCUT2D eigenvalue weighted by atomic mass is 15.1. The van der Waals surface area contributed by atoms with E-state index in [9.17, 15) is 0 Å². The minimum Gasteiger partial charge on any atom is -0.311 e. The molecule has 0 heterocycles. The Morgan fingerprint density at radius 3 is 1.50 bits per heavy atom. The molecule has 0 amide bonds. The first kappa shape index (κ1) is 34.6. The van der Waals surface area contributed by atoms with Gasteiger partial charge in [-0.1, -0.05) is 179 Å². The van der Waals surface area contributed by atoms with Gasteiger partial charge in [-0.2, -0.15) is 0 Å². The maximum Gasteiger partial charge on any atom is 0.0462 e. The summed E-state index contributed by atoms with van der Waals surface area (Å²) in [5, 5.41) is 0. The molecular weight excluding hydrogens is 651 g/mol. The van der Waals surface area contributed by atoms with E-state index < -0.39 is 0 Å². The van der Waals surface area contributed by atoms with Crippen molar-refractivity contribution >= 4 is 22.6 Å². The molecule has 262 valence electrons. The van der Waals surface area contributed by atoms with Crippen LogP contribution in [0.25, 0.3) is 50.1 Å². The van der Waals surface area contributed by atoms with Gasteiger partial charge in [-0.15, -0.1) is 0 Å². The molecule has 0 aliphatic heterocycles. The zero-order valence-corrected chi connectivity index (χ0v) is 31.3. The van der Waals surface area contributed by atoms with E-state index in [1.54, 1.807) is 0 Å². The second kappa shape index (κ2) is 14.9. The Morgan fingerprint density at radius 1 is 0.444 bits per heavy atom. The summed E-state index contributed by atoms with van der Waals surface area (Å²) in [4.78, 5) is 2.34. The van der Waals surface area contributed by atoms with Crippen molar-refractivity contribution in [3.05, 3.63) is 217 Å². The summed E-state index contributed by atoms with van der Waals surface area (Å²) < 4.78 is 0. The number of benzene rings is 7. The van der Waals surface area contributed by atoms with Crippen LogP contribution >= 0.6 is 0 Å². The molecule has 7 aromatic carbocycles. The molecule has 1 nitrogen and oxygen atoms in total. The Balaban J connectivity index is 1.15. The lowest BCUT2D eigenvalue weighted by Crippen LogP contribution is -2.10. The smallest absolute Gasteiger partial charge is 0.0462 e. The molecule has 0 bridgehead atoms. The van der Waals surface area contributed by atoms with Crippen LogP contribution in [0.3, 0.4) is 0 Å². The molecule has 8 rings (SSSR count). The standard InChI is InChI=1S/C53H45N/c1-38-13-7-5-10-16-44-17-11-12-18-50(44)51-36-27-45(37-52(38)51)43-25-34-49(35-26-43)54(47-30-21-41(22-31-47)39-14-8-6-9-15-39)48-32-23-42(24-33-48)40-19-28-46(29-20-40)53(2,3)4/h5-15,17-37H,1,16H2,2-4H3/b10-5-,13-7-. The van der Waals surface area contributed by atoms with E-state index in [2.05, 4.69) is 226 Å². The lowest BCUT2D eigenvalue weighted by atomic mass is 9.86. The molecule has 0 aromatic heterocycles. The van der Waals surface area contributed by atoms with Crippen molar-refractivity contribution in [2.45, 2.75) is 32.6 Å². The van der Waals surface area contributed by atoms with Crippen molar-refractivity contribution in [1.29, 1.82) is 0 Å². The van der Waals surface area contributed by atoms with E-state index in [0.717, 1.165) is 40.2 Å². The van der Waals surface area contributed by atoms with Gasteiger partial charge in [0, 0.05) is 17.1 Å². The number of hydrogen-bond donors (Lipinski definition) is 0. The van der Waals surface area contributed by atoms with Gasteiger partial charge in [-0.25, -0.2) is 0 Å². The topological polar surface area (TPSA) is 3.24 Å². The van der Waals surface area contributed by atoms with Gasteiger partial charge in [0.25, 0.3) is 0 Å². The van der Waals surface area contributed by atoms with E-state index in [-0.39, 0.29) is 5.41 Å². The van der Waals surface area contributed by atoms with Gasteiger partial charge in [0.05, 0.1) is 0 Å². The molecule has 0 atom stereocenters. The minimum absolute atomic E-state index is 0.127. The fourth-order valence-electron chi connectivity index (χ4n) is 7.37. The van der Waals surface area contributed by atoms with Gasteiger partial charge in [-0.05, 0) is 121 Å². The van der Waals surface area contributed by atoms with Gasteiger partial charge in [0.2, 0.25) is 0 Å². The monoisotopic (exact) mass is 695 g/mol. The van der Waals surface area contributed by atoms with Crippen LogP contribution < -0.4 is 4.90 Å². The zero-order chi connectivity index (χ0) is 37.1. The zero-order valence-electron chi connectivity index (χ0n) is 31.3. The van der Waals surface area contributed by atoms with E-state index >= 15 is 0 Å². The molecule has 0 fully saturated rings. The second-order valence-electron chi connectivity index (χ2n) is 15.1. The third kappa shape index (κ3) is 7.27. The molecule has 1 aliphatic rings. The first-order chi connectivity index (χ1) is 26.3. The van der Waals surface area contributed by atoms with Crippen molar-refractivity contribution < 1.29 is 0 Å². The van der Waals surface area contributed by atoms with Crippen LogP contribution in [0, 0.1) is 0 Å². The summed E-state index contributed by atoms with van der Waals surface area (Å²) in [6.07, 6.45) is 9.44. The summed E-state index contributed by atoms with van der Waals surface area (Å²) in [5.74, 6) is 0. The Labute approximate surface area is 320 Å². The highest BCUT2D eigenvalue weighted by Crippen LogP contribution is 2.40. The van der Waals surface area contributed by atoms with Crippen LogP contribution in [0.5, 0.6) is 0 Å². The van der Waals surface area contributed by atoms with Crippen LogP contribution in [0.15, 0.2) is 201 Å². The highest BCUT2D eigenvalue weighted by molar-refractivity contribution is 5.89. The van der Waals surface area contributed by atoms with Gasteiger partial charge in [-0.3, -0.25) is 0 Å². The van der Waals surface area contributed by atoms with Crippen molar-refractivity contribution in [3.8, 4) is 44.5 Å². The summed E-state index contributed by atoms with van der Waals surface area (Å²) in [5.41, 5.74) is 17.9. The minimum atomic E-state index is 0.127. The van der Waals surface area contributed by atoms with Gasteiger partial charge < -0.3 is 4.90 Å². The lowest BCUT2D eigenvalue weighted by molar-refractivity contribution is 0.590. The summed E-state index contributed by atoms with van der Waals surface area (Å²) >= 11 is 0. The largest absolute Gasteiger partial charge is 0.311 e. The Morgan fingerprint density at radius 2 is 0.926 bits per heavy atom. The summed E-state index contributed by atoms with van der Waals surface area (Å²) in [7, 11) is 0. The maximum absolute atomic E-state index is 4.48. The molecule has 1 aliphatic carbocycles. The first-order valence-corrected chi connectivity index (χ1v) is 18.8. The molecule has 0 N–H and O–H groups in total. The van der Waals surface area contributed by atoms with E-state index in [4.69, 9.17) is 0 Å². The Bertz CT molecular complexity index is 2460. The normalized spacial score (nSPS) is 13.7. The first-order valence-electron chi connectivity index (χ1n) is 18.8. The molecular formula is C53H45N. The number of rotatable bonds is 6. The van der Waals surface area contributed by atoms with Crippen LogP contribution in [-0.4, -0.2) is 0 Å². The molecule has 54 heavy (non-hydrogen) atoms. The summed E-state index contributed by atoms with van der Waals surface area (Å²) in [6, 6.07) is 61.8. The number of allylic oxidation sites excluding steroid dienone is 5. The fourth-order valence-corrected chi connectivity index (χ4v) is 7.37. The van der Waals surface area contributed by atoms with E-state index in [1.807, 2.05) is 0 Å². The SMILES string of the molecule is C=C1/C=C\C=C/Cc2ccccc2-c2ccc(-c3ccc(N(c4ccc(-c5ccccc5)cc4)c4ccc(-c5ccc(C(C)(C)C)cc5)cc4)cc3)cc21. The second-order valence-corrected chi connectivity index (χ2v) is 15.1. The number of fused-ring (bicyclic) bond motifs is 3. The third-order valence-electron chi connectivity index (χ3n) is 10.5. The Kier molecular flexibility index (Phi) is 9.55. The van der Waals surface area contributed by atoms with Crippen LogP contribution in [-0.2, 0) is 11.8 Å².